The van der Waals surface area contributed by atoms with Crippen LogP contribution in [0.15, 0.2) is 30.3 Å². The molecule has 1 aromatic rings. The first kappa shape index (κ1) is 15.9. The number of para-hydroxylation sites is 1. The van der Waals surface area contributed by atoms with Crippen molar-refractivity contribution in [2.45, 2.75) is 32.2 Å². The van der Waals surface area contributed by atoms with E-state index < -0.39 is 5.54 Å². The van der Waals surface area contributed by atoms with Crippen LogP contribution in [0.4, 0.5) is 5.69 Å². The summed E-state index contributed by atoms with van der Waals surface area (Å²) >= 11 is 0. The molecule has 1 atom stereocenters. The van der Waals surface area contributed by atoms with E-state index in [9.17, 15) is 4.79 Å². The quantitative estimate of drug-likeness (QED) is 0.900. The number of carbonyl (C=O) groups is 1. The number of carbonyl (C=O) groups excluding carboxylic acids is 1. The van der Waals surface area contributed by atoms with E-state index in [-0.39, 0.29) is 18.3 Å². The van der Waals surface area contributed by atoms with Gasteiger partial charge in [-0.3, -0.25) is 4.79 Å². The molecule has 0 saturated carbocycles. The van der Waals surface area contributed by atoms with Crippen LogP contribution >= 0.6 is 12.4 Å². The fourth-order valence-electron chi connectivity index (χ4n) is 1.78. The lowest BCUT2D eigenvalue weighted by molar-refractivity contribution is -0.123. The number of nitrogens with two attached hydrogens (primary N) is 1. The Kier molecular flexibility index (Phi) is 6.21. The normalized spacial score (nSPS) is 13.4. The Labute approximate surface area is 109 Å². The molecule has 96 valence electrons. The molecule has 0 saturated heterocycles. The summed E-state index contributed by atoms with van der Waals surface area (Å²) in [5.41, 5.74) is 6.11. The predicted molar refractivity (Wildman–Crippen MR) is 74.6 cm³/mol. The van der Waals surface area contributed by atoms with Crippen LogP contribution in [-0.2, 0) is 4.79 Å². The van der Waals surface area contributed by atoms with E-state index in [2.05, 4.69) is 0 Å². The Balaban J connectivity index is 0.00000256. The summed E-state index contributed by atoms with van der Waals surface area (Å²) in [6.07, 6.45) is 1.60. The summed E-state index contributed by atoms with van der Waals surface area (Å²) < 4.78 is 0. The van der Waals surface area contributed by atoms with Crippen LogP contribution in [0, 0.1) is 0 Å². The van der Waals surface area contributed by atoms with E-state index in [1.165, 1.54) is 0 Å². The highest BCUT2D eigenvalue weighted by molar-refractivity contribution is 5.99. The average molecular weight is 257 g/mol. The number of hydrogen-bond donors (Lipinski definition) is 1. The molecule has 17 heavy (non-hydrogen) atoms. The van der Waals surface area contributed by atoms with Crippen LogP contribution in [0.3, 0.4) is 0 Å². The minimum absolute atomic E-state index is 0. The summed E-state index contributed by atoms with van der Waals surface area (Å²) in [7, 11) is 1.76. The Morgan fingerprint density at radius 3 is 2.35 bits per heavy atom. The first-order valence-corrected chi connectivity index (χ1v) is 5.61. The van der Waals surface area contributed by atoms with Crippen molar-refractivity contribution < 1.29 is 4.79 Å². The van der Waals surface area contributed by atoms with E-state index in [0.717, 1.165) is 12.1 Å². The van der Waals surface area contributed by atoms with Crippen molar-refractivity contribution >= 4 is 24.0 Å². The molecule has 4 heteroatoms. The Bertz CT molecular complexity index is 352. The third kappa shape index (κ3) is 4.02. The van der Waals surface area contributed by atoms with Crippen LogP contribution in [-0.4, -0.2) is 18.5 Å². The highest BCUT2D eigenvalue weighted by Crippen LogP contribution is 2.18. The Morgan fingerprint density at radius 1 is 1.35 bits per heavy atom. The van der Waals surface area contributed by atoms with Gasteiger partial charge >= 0.3 is 0 Å². The van der Waals surface area contributed by atoms with Gasteiger partial charge in [-0.2, -0.15) is 0 Å². The first-order chi connectivity index (χ1) is 7.49. The van der Waals surface area contributed by atoms with Crippen molar-refractivity contribution in [3.8, 4) is 0 Å². The van der Waals surface area contributed by atoms with Crippen molar-refractivity contribution in [2.75, 3.05) is 11.9 Å². The molecular formula is C13H21ClN2O. The summed E-state index contributed by atoms with van der Waals surface area (Å²) in [4.78, 5) is 13.8. The molecule has 0 aliphatic heterocycles. The first-order valence-electron chi connectivity index (χ1n) is 5.61. The van der Waals surface area contributed by atoms with Gasteiger partial charge in [-0.1, -0.05) is 31.5 Å². The number of halogens is 1. The molecule has 1 amide bonds. The van der Waals surface area contributed by atoms with E-state index >= 15 is 0 Å². The minimum Gasteiger partial charge on any atom is -0.318 e. The van der Waals surface area contributed by atoms with Gasteiger partial charge in [-0.25, -0.2) is 0 Å². The number of anilines is 1. The molecule has 3 nitrogen and oxygen atoms in total. The van der Waals surface area contributed by atoms with Crippen LogP contribution in [0.25, 0.3) is 0 Å². The molecule has 1 rings (SSSR count). The van der Waals surface area contributed by atoms with E-state index in [0.29, 0.717) is 6.42 Å². The lowest BCUT2D eigenvalue weighted by Gasteiger charge is -2.29. The summed E-state index contributed by atoms with van der Waals surface area (Å²) in [6, 6.07) is 9.55. The molecule has 0 aliphatic rings. The minimum atomic E-state index is -0.778. The van der Waals surface area contributed by atoms with Gasteiger partial charge in [0.25, 0.3) is 0 Å². The molecule has 0 fully saturated rings. The van der Waals surface area contributed by atoms with Gasteiger partial charge in [0.15, 0.2) is 0 Å². The second kappa shape index (κ2) is 6.62. The van der Waals surface area contributed by atoms with E-state index in [1.54, 1.807) is 18.9 Å². The monoisotopic (exact) mass is 256 g/mol. The van der Waals surface area contributed by atoms with E-state index in [1.807, 2.05) is 37.3 Å². The Hall–Kier alpha value is -1.06. The molecule has 0 bridgehead atoms. The zero-order chi connectivity index (χ0) is 12.2. The lowest BCUT2D eigenvalue weighted by atomic mass is 9.95. The number of nitrogens with zero attached hydrogens (tertiary/aromatic N) is 1. The van der Waals surface area contributed by atoms with Gasteiger partial charge in [-0.05, 0) is 25.5 Å². The summed E-state index contributed by atoms with van der Waals surface area (Å²) in [5.74, 6) is -0.0412. The maximum Gasteiger partial charge on any atom is 0.246 e. The average Bonchev–Trinajstić information content (AvgIpc) is 2.28. The van der Waals surface area contributed by atoms with Gasteiger partial charge in [0, 0.05) is 12.7 Å². The van der Waals surface area contributed by atoms with Crippen molar-refractivity contribution in [3.05, 3.63) is 30.3 Å². The largest absolute Gasteiger partial charge is 0.318 e. The zero-order valence-electron chi connectivity index (χ0n) is 10.6. The number of amides is 1. The number of hydrogen-bond acceptors (Lipinski definition) is 2. The Morgan fingerprint density at radius 2 is 1.88 bits per heavy atom. The molecule has 0 heterocycles. The fraction of sp³-hybridized carbons (Fsp3) is 0.462. The third-order valence-electron chi connectivity index (χ3n) is 2.71. The maximum atomic E-state index is 12.2. The van der Waals surface area contributed by atoms with Crippen LogP contribution in [0.1, 0.15) is 26.7 Å². The molecule has 2 N–H and O–H groups in total. The van der Waals surface area contributed by atoms with Crippen molar-refractivity contribution in [1.29, 1.82) is 0 Å². The van der Waals surface area contributed by atoms with Crippen LogP contribution in [0.5, 0.6) is 0 Å². The number of rotatable bonds is 4. The second-order valence-electron chi connectivity index (χ2n) is 4.37. The van der Waals surface area contributed by atoms with E-state index in [4.69, 9.17) is 5.73 Å². The molecule has 0 spiro atoms. The van der Waals surface area contributed by atoms with Crippen LogP contribution < -0.4 is 10.6 Å². The molecule has 0 aromatic heterocycles. The molecule has 1 aromatic carbocycles. The lowest BCUT2D eigenvalue weighted by Crippen LogP contribution is -2.52. The van der Waals surface area contributed by atoms with Gasteiger partial charge in [0.05, 0.1) is 5.54 Å². The van der Waals surface area contributed by atoms with Gasteiger partial charge in [0.2, 0.25) is 5.91 Å². The fourth-order valence-corrected chi connectivity index (χ4v) is 1.78. The van der Waals surface area contributed by atoms with Gasteiger partial charge in [0.1, 0.15) is 0 Å². The standard InChI is InChI=1S/C13H20N2O.ClH/c1-4-10-13(2,14)12(16)15(3)11-8-6-5-7-9-11;/h5-9H,4,10,14H2,1-3H3;1H. The number of likely N-dealkylation sites (N-methyl/N-ethyl adjacent to an activating group) is 1. The molecular weight excluding hydrogens is 236 g/mol. The number of benzene rings is 1. The van der Waals surface area contributed by atoms with Gasteiger partial charge in [-0.15, -0.1) is 12.4 Å². The SMILES string of the molecule is CCCC(C)(N)C(=O)N(C)c1ccccc1.Cl. The molecule has 1 unspecified atom stereocenters. The smallest absolute Gasteiger partial charge is 0.246 e. The van der Waals surface area contributed by atoms with Crippen molar-refractivity contribution in [1.82, 2.24) is 0 Å². The maximum absolute atomic E-state index is 12.2. The van der Waals surface area contributed by atoms with Crippen molar-refractivity contribution in [2.24, 2.45) is 5.73 Å². The molecule has 0 aliphatic carbocycles. The predicted octanol–water partition coefficient (Wildman–Crippen LogP) is 2.59. The third-order valence-corrected chi connectivity index (χ3v) is 2.71. The highest BCUT2D eigenvalue weighted by atomic mass is 35.5. The summed E-state index contributed by atoms with van der Waals surface area (Å²) in [5, 5.41) is 0. The molecule has 0 radical (unpaired) electrons. The zero-order valence-corrected chi connectivity index (χ0v) is 11.5. The summed E-state index contributed by atoms with van der Waals surface area (Å²) in [6.45, 7) is 3.82. The van der Waals surface area contributed by atoms with Crippen molar-refractivity contribution in [3.63, 3.8) is 0 Å². The second-order valence-corrected chi connectivity index (χ2v) is 4.37. The topological polar surface area (TPSA) is 46.3 Å². The highest BCUT2D eigenvalue weighted by Gasteiger charge is 2.30. The van der Waals surface area contributed by atoms with Gasteiger partial charge < -0.3 is 10.6 Å². The van der Waals surface area contributed by atoms with Crippen LogP contribution in [0.2, 0.25) is 0 Å².